The molecule has 25 heavy (non-hydrogen) atoms. The Morgan fingerprint density at radius 1 is 0.800 bits per heavy atom. The Bertz CT molecular complexity index is 1010. The zero-order chi connectivity index (χ0) is 17.6. The molecule has 120 valence electrons. The SMILES string of the molecule is N#Cc1cccc(Oc2ccc(F)cc2)c1C#N.c1cc2ccc1o2. The van der Waals surface area contributed by atoms with Crippen LogP contribution in [0.25, 0.3) is 11.2 Å². The van der Waals surface area contributed by atoms with Gasteiger partial charge in [0.25, 0.3) is 0 Å². The van der Waals surface area contributed by atoms with Crippen molar-refractivity contribution in [2.24, 2.45) is 0 Å². The van der Waals surface area contributed by atoms with Crippen LogP contribution in [0.1, 0.15) is 11.1 Å². The van der Waals surface area contributed by atoms with Crippen LogP contribution < -0.4 is 4.74 Å². The van der Waals surface area contributed by atoms with Gasteiger partial charge in [0, 0.05) is 0 Å². The second-order valence-electron chi connectivity index (χ2n) is 5.03. The van der Waals surface area contributed by atoms with Gasteiger partial charge in [0.05, 0.1) is 5.56 Å². The molecule has 0 saturated heterocycles. The maximum atomic E-state index is 12.7. The van der Waals surface area contributed by atoms with Crippen LogP contribution in [0.3, 0.4) is 0 Å². The molecule has 4 rings (SSSR count). The van der Waals surface area contributed by atoms with Crippen LogP contribution in [0.2, 0.25) is 0 Å². The quantitative estimate of drug-likeness (QED) is 0.504. The lowest BCUT2D eigenvalue weighted by Gasteiger charge is -2.07. The minimum absolute atomic E-state index is 0.171. The topological polar surface area (TPSA) is 69.9 Å². The molecular formula is C20H11FN2O2. The third kappa shape index (κ3) is 3.74. The average Bonchev–Trinajstić information content (AvgIpc) is 3.30. The van der Waals surface area contributed by atoms with Gasteiger partial charge in [0.1, 0.15) is 46.2 Å². The van der Waals surface area contributed by atoms with E-state index in [0.29, 0.717) is 5.75 Å². The fourth-order valence-corrected chi connectivity index (χ4v) is 2.17. The van der Waals surface area contributed by atoms with E-state index in [4.69, 9.17) is 19.7 Å². The largest absolute Gasteiger partial charge is 0.457 e. The summed E-state index contributed by atoms with van der Waals surface area (Å²) < 4.78 is 23.3. The van der Waals surface area contributed by atoms with Crippen molar-refractivity contribution >= 4 is 11.2 Å². The van der Waals surface area contributed by atoms with E-state index in [1.165, 1.54) is 30.3 Å². The molecule has 0 amide bonds. The number of benzene rings is 3. The van der Waals surface area contributed by atoms with Crippen molar-refractivity contribution in [1.82, 2.24) is 0 Å². The van der Waals surface area contributed by atoms with Crippen molar-refractivity contribution in [2.75, 3.05) is 0 Å². The molecule has 0 spiro atoms. The normalized spacial score (nSPS) is 9.72. The second-order valence-corrected chi connectivity index (χ2v) is 5.03. The number of hydrogen-bond donors (Lipinski definition) is 0. The molecule has 2 heterocycles. The molecule has 4 nitrogen and oxygen atoms in total. The summed E-state index contributed by atoms with van der Waals surface area (Å²) in [5, 5.41) is 17.9. The molecule has 0 aliphatic carbocycles. The summed E-state index contributed by atoms with van der Waals surface area (Å²) in [7, 11) is 0. The molecule has 2 aromatic carbocycles. The number of rotatable bonds is 2. The minimum Gasteiger partial charge on any atom is -0.457 e. The summed E-state index contributed by atoms with van der Waals surface area (Å²) >= 11 is 0. The van der Waals surface area contributed by atoms with Crippen LogP contribution in [-0.4, -0.2) is 0 Å². The van der Waals surface area contributed by atoms with Gasteiger partial charge >= 0.3 is 0 Å². The number of fused-ring (bicyclic) bond motifs is 2. The number of furan rings is 2. The number of halogens is 1. The molecule has 0 fully saturated rings. The van der Waals surface area contributed by atoms with E-state index in [-0.39, 0.29) is 22.7 Å². The highest BCUT2D eigenvalue weighted by atomic mass is 19.1. The number of hydrogen-bond acceptors (Lipinski definition) is 4. The van der Waals surface area contributed by atoms with Gasteiger partial charge in [-0.2, -0.15) is 10.5 Å². The standard InChI is InChI=1S/C14H7FN2O.C6H4O/c15-11-4-6-12(7-5-11)18-14-3-1-2-10(8-16)13(14)9-17;1-2-6-4-3-5(1)7-6/h1-7H;1-4H. The molecule has 0 saturated carbocycles. The fraction of sp³-hybridized carbons (Fsp3) is 0. The van der Waals surface area contributed by atoms with E-state index in [9.17, 15) is 4.39 Å². The van der Waals surface area contributed by atoms with E-state index in [2.05, 4.69) is 0 Å². The van der Waals surface area contributed by atoms with Crippen molar-refractivity contribution in [3.8, 4) is 23.6 Å². The van der Waals surface area contributed by atoms with Crippen LogP contribution in [0, 0.1) is 28.5 Å². The monoisotopic (exact) mass is 330 g/mol. The van der Waals surface area contributed by atoms with Crippen molar-refractivity contribution < 1.29 is 13.5 Å². The summed E-state index contributed by atoms with van der Waals surface area (Å²) in [6.07, 6.45) is 0. The molecule has 5 heteroatoms. The molecule has 0 N–H and O–H groups in total. The first-order valence-electron chi connectivity index (χ1n) is 7.34. The minimum atomic E-state index is -0.367. The number of nitriles is 2. The van der Waals surface area contributed by atoms with Gasteiger partial charge < -0.3 is 9.15 Å². The molecule has 4 aromatic rings. The van der Waals surface area contributed by atoms with Gasteiger partial charge in [0.15, 0.2) is 0 Å². The smallest absolute Gasteiger partial charge is 0.146 e. The van der Waals surface area contributed by atoms with E-state index in [1.807, 2.05) is 36.4 Å². The lowest BCUT2D eigenvalue weighted by molar-refractivity contribution is 0.479. The molecule has 2 bridgehead atoms. The van der Waals surface area contributed by atoms with Crippen molar-refractivity contribution in [3.05, 3.63) is 83.7 Å². The predicted octanol–water partition coefficient (Wildman–Crippen LogP) is 5.23. The van der Waals surface area contributed by atoms with Crippen LogP contribution in [-0.2, 0) is 0 Å². The molecule has 2 aromatic heterocycles. The van der Waals surface area contributed by atoms with Gasteiger partial charge in [-0.25, -0.2) is 4.39 Å². The third-order valence-corrected chi connectivity index (χ3v) is 3.36. The van der Waals surface area contributed by atoms with Crippen molar-refractivity contribution in [2.45, 2.75) is 0 Å². The maximum Gasteiger partial charge on any atom is 0.146 e. The maximum absolute atomic E-state index is 12.7. The van der Waals surface area contributed by atoms with Gasteiger partial charge in [-0.1, -0.05) is 6.07 Å². The highest BCUT2D eigenvalue weighted by Gasteiger charge is 2.09. The van der Waals surface area contributed by atoms with E-state index in [1.54, 1.807) is 12.1 Å². The van der Waals surface area contributed by atoms with Gasteiger partial charge in [-0.15, -0.1) is 0 Å². The Hall–Kier alpha value is -3.83. The van der Waals surface area contributed by atoms with Crippen LogP contribution in [0.15, 0.2) is 71.1 Å². The first-order valence-corrected chi connectivity index (χ1v) is 7.34. The summed E-state index contributed by atoms with van der Waals surface area (Å²) in [4.78, 5) is 0. The molecule has 0 radical (unpaired) electrons. The summed E-state index contributed by atoms with van der Waals surface area (Å²) in [5.74, 6) is 0.319. The van der Waals surface area contributed by atoms with E-state index < -0.39 is 0 Å². The van der Waals surface area contributed by atoms with Crippen LogP contribution >= 0.6 is 0 Å². The Balaban J connectivity index is 0.000000213. The Morgan fingerprint density at radius 3 is 1.92 bits per heavy atom. The van der Waals surface area contributed by atoms with E-state index in [0.717, 1.165) is 11.2 Å². The summed E-state index contributed by atoms with van der Waals surface area (Å²) in [5.41, 5.74) is 2.35. The van der Waals surface area contributed by atoms with Crippen LogP contribution in [0.5, 0.6) is 11.5 Å². The zero-order valence-electron chi connectivity index (χ0n) is 12.9. The summed E-state index contributed by atoms with van der Waals surface area (Å²) in [6.45, 7) is 0. The molecular weight excluding hydrogens is 319 g/mol. The second kappa shape index (κ2) is 7.16. The first kappa shape index (κ1) is 16.0. The highest BCUT2D eigenvalue weighted by Crippen LogP contribution is 2.27. The third-order valence-electron chi connectivity index (χ3n) is 3.36. The highest BCUT2D eigenvalue weighted by molar-refractivity contribution is 5.59. The average molecular weight is 330 g/mol. The lowest BCUT2D eigenvalue weighted by atomic mass is 10.1. The number of ether oxygens (including phenoxy) is 1. The van der Waals surface area contributed by atoms with E-state index >= 15 is 0 Å². The molecule has 0 unspecified atom stereocenters. The Morgan fingerprint density at radius 2 is 1.44 bits per heavy atom. The van der Waals surface area contributed by atoms with Gasteiger partial charge in [0.2, 0.25) is 0 Å². The Kier molecular flexibility index (Phi) is 4.60. The molecule has 0 aliphatic rings. The van der Waals surface area contributed by atoms with Crippen molar-refractivity contribution in [1.29, 1.82) is 10.5 Å². The molecule has 0 atom stereocenters. The lowest BCUT2D eigenvalue weighted by Crippen LogP contribution is -1.91. The van der Waals surface area contributed by atoms with Gasteiger partial charge in [-0.3, -0.25) is 0 Å². The van der Waals surface area contributed by atoms with Gasteiger partial charge in [-0.05, 0) is 60.7 Å². The number of nitrogens with zero attached hydrogens (tertiary/aromatic N) is 2. The fourth-order valence-electron chi connectivity index (χ4n) is 2.17. The Labute approximate surface area is 143 Å². The van der Waals surface area contributed by atoms with Crippen LogP contribution in [0.4, 0.5) is 4.39 Å². The first-order chi connectivity index (χ1) is 12.2. The predicted molar refractivity (Wildman–Crippen MR) is 89.7 cm³/mol. The summed E-state index contributed by atoms with van der Waals surface area (Å²) in [6, 6.07) is 21.8. The van der Waals surface area contributed by atoms with Crippen molar-refractivity contribution in [3.63, 3.8) is 0 Å². The molecule has 0 aliphatic heterocycles. The zero-order valence-corrected chi connectivity index (χ0v) is 12.9.